The third-order valence-electron chi connectivity index (χ3n) is 8.07. The average Bonchev–Trinajstić information content (AvgIpc) is 3.03. The van der Waals surface area contributed by atoms with Gasteiger partial charge >= 0.3 is 11.9 Å². The fraction of sp³-hybridized carbons (Fsp3) is 0.756. The SMILES string of the molecule is CCCCC/C=C\C/C=C\CCCCCCCCOC(=O)CC(N)CC(=O)OCCCCCCCC/C=C\C/C=C\CCCCC. The molecule has 0 heterocycles. The van der Waals surface area contributed by atoms with Crippen LogP contribution in [-0.2, 0) is 19.1 Å². The molecule has 0 aliphatic heterocycles. The van der Waals surface area contributed by atoms with E-state index < -0.39 is 6.04 Å². The Morgan fingerprint density at radius 3 is 1.11 bits per heavy atom. The molecule has 2 N–H and O–H groups in total. The first-order valence-electron chi connectivity index (χ1n) is 19.3. The highest BCUT2D eigenvalue weighted by Crippen LogP contribution is 2.10. The number of carbonyl (C=O) groups is 2. The van der Waals surface area contributed by atoms with Crippen LogP contribution in [0.5, 0.6) is 0 Å². The molecule has 0 aliphatic carbocycles. The first-order chi connectivity index (χ1) is 22.6. The van der Waals surface area contributed by atoms with Gasteiger partial charge in [0.25, 0.3) is 0 Å². The van der Waals surface area contributed by atoms with Crippen molar-refractivity contribution in [2.75, 3.05) is 13.2 Å². The van der Waals surface area contributed by atoms with Gasteiger partial charge in [-0.15, -0.1) is 0 Å². The lowest BCUT2D eigenvalue weighted by molar-refractivity contribution is -0.146. The van der Waals surface area contributed by atoms with Gasteiger partial charge in [0.15, 0.2) is 0 Å². The molecule has 0 bridgehead atoms. The minimum Gasteiger partial charge on any atom is -0.466 e. The van der Waals surface area contributed by atoms with Crippen LogP contribution in [0.3, 0.4) is 0 Å². The number of rotatable bonds is 34. The molecule has 5 heteroatoms. The second-order valence-electron chi connectivity index (χ2n) is 12.8. The lowest BCUT2D eigenvalue weighted by Crippen LogP contribution is -2.28. The molecule has 0 amide bonds. The minimum atomic E-state index is -0.549. The summed E-state index contributed by atoms with van der Waals surface area (Å²) in [5, 5.41) is 0. The molecule has 0 rings (SSSR count). The van der Waals surface area contributed by atoms with Crippen LogP contribution in [0.25, 0.3) is 0 Å². The predicted octanol–water partition coefficient (Wildman–Crippen LogP) is 11.8. The van der Waals surface area contributed by atoms with E-state index in [1.807, 2.05) is 0 Å². The van der Waals surface area contributed by atoms with Crippen LogP contribution in [0.15, 0.2) is 48.6 Å². The number of carbonyl (C=O) groups excluding carboxylic acids is 2. The average molecular weight is 644 g/mol. The molecule has 266 valence electrons. The molecule has 0 unspecified atom stereocenters. The Morgan fingerprint density at radius 1 is 0.457 bits per heavy atom. The molecule has 0 atom stereocenters. The highest BCUT2D eigenvalue weighted by molar-refractivity contribution is 5.73. The van der Waals surface area contributed by atoms with Gasteiger partial charge in [-0.25, -0.2) is 0 Å². The van der Waals surface area contributed by atoms with Gasteiger partial charge in [0, 0.05) is 6.04 Å². The van der Waals surface area contributed by atoms with Crippen LogP contribution >= 0.6 is 0 Å². The molecule has 0 radical (unpaired) electrons. The molecule has 0 saturated heterocycles. The van der Waals surface area contributed by atoms with Crippen LogP contribution in [0.4, 0.5) is 0 Å². The lowest BCUT2D eigenvalue weighted by atomic mass is 10.1. The molecule has 0 aromatic heterocycles. The molecule has 0 aromatic carbocycles. The van der Waals surface area contributed by atoms with Crippen molar-refractivity contribution >= 4 is 11.9 Å². The number of esters is 2. The molecular formula is C41H73NO4. The Balaban J connectivity index is 3.49. The Morgan fingerprint density at radius 2 is 0.761 bits per heavy atom. The maximum Gasteiger partial charge on any atom is 0.307 e. The molecule has 0 saturated carbocycles. The Kier molecular flexibility index (Phi) is 35.6. The van der Waals surface area contributed by atoms with Gasteiger partial charge < -0.3 is 15.2 Å². The van der Waals surface area contributed by atoms with Gasteiger partial charge in [0.05, 0.1) is 26.1 Å². The maximum absolute atomic E-state index is 12.1. The van der Waals surface area contributed by atoms with Gasteiger partial charge in [0.2, 0.25) is 0 Å². The third-order valence-corrected chi connectivity index (χ3v) is 8.07. The smallest absolute Gasteiger partial charge is 0.307 e. The second-order valence-corrected chi connectivity index (χ2v) is 12.8. The molecule has 46 heavy (non-hydrogen) atoms. The first-order valence-corrected chi connectivity index (χ1v) is 19.3. The van der Waals surface area contributed by atoms with E-state index in [4.69, 9.17) is 15.2 Å². The van der Waals surface area contributed by atoms with E-state index in [0.717, 1.165) is 51.4 Å². The highest BCUT2D eigenvalue weighted by Gasteiger charge is 2.15. The number of hydrogen-bond donors (Lipinski definition) is 1. The van der Waals surface area contributed by atoms with Gasteiger partial charge in [-0.05, 0) is 77.0 Å². The lowest BCUT2D eigenvalue weighted by Gasteiger charge is -2.11. The third kappa shape index (κ3) is 36.3. The van der Waals surface area contributed by atoms with E-state index in [2.05, 4.69) is 62.5 Å². The standard InChI is InChI=1S/C41H73NO4/c1-3-5-7-9-11-13-15-17-19-21-23-25-27-29-31-33-35-45-40(43)37-39(42)38-41(44)46-36-34-32-30-28-26-24-22-20-18-16-14-12-10-8-6-4-2/h11-14,17-20,39H,3-10,15-16,21-38,42H2,1-2H3/b13-11-,14-12-,19-17-,20-18-. The van der Waals surface area contributed by atoms with E-state index in [-0.39, 0.29) is 24.8 Å². The Hall–Kier alpha value is -2.14. The number of ether oxygens (including phenoxy) is 2. The summed E-state index contributed by atoms with van der Waals surface area (Å²) >= 11 is 0. The number of hydrogen-bond acceptors (Lipinski definition) is 5. The summed E-state index contributed by atoms with van der Waals surface area (Å²) in [7, 11) is 0. The van der Waals surface area contributed by atoms with Crippen molar-refractivity contribution < 1.29 is 19.1 Å². The van der Waals surface area contributed by atoms with Crippen molar-refractivity contribution in [3.8, 4) is 0 Å². The van der Waals surface area contributed by atoms with Gasteiger partial charge in [0.1, 0.15) is 0 Å². The van der Waals surface area contributed by atoms with Gasteiger partial charge in [-0.2, -0.15) is 0 Å². The van der Waals surface area contributed by atoms with Crippen molar-refractivity contribution in [1.29, 1.82) is 0 Å². The van der Waals surface area contributed by atoms with Crippen LogP contribution in [0, 0.1) is 0 Å². The monoisotopic (exact) mass is 644 g/mol. The van der Waals surface area contributed by atoms with E-state index in [1.165, 1.54) is 103 Å². The van der Waals surface area contributed by atoms with Crippen LogP contribution in [0.2, 0.25) is 0 Å². The highest BCUT2D eigenvalue weighted by atomic mass is 16.5. The molecule has 0 spiro atoms. The summed E-state index contributed by atoms with van der Waals surface area (Å²) < 4.78 is 10.6. The fourth-order valence-corrected chi connectivity index (χ4v) is 5.17. The number of nitrogens with two attached hydrogens (primary N) is 1. The van der Waals surface area contributed by atoms with Gasteiger partial charge in [-0.1, -0.05) is 140 Å². The van der Waals surface area contributed by atoms with Crippen molar-refractivity contribution in [2.24, 2.45) is 5.73 Å². The fourth-order valence-electron chi connectivity index (χ4n) is 5.17. The molecule has 0 aromatic rings. The summed E-state index contributed by atoms with van der Waals surface area (Å²) in [6, 6.07) is -0.549. The van der Waals surface area contributed by atoms with Crippen LogP contribution in [-0.4, -0.2) is 31.2 Å². The topological polar surface area (TPSA) is 78.6 Å². The first kappa shape index (κ1) is 43.9. The summed E-state index contributed by atoms with van der Waals surface area (Å²) in [4.78, 5) is 24.1. The van der Waals surface area contributed by atoms with E-state index in [9.17, 15) is 9.59 Å². The minimum absolute atomic E-state index is 0.0577. The largest absolute Gasteiger partial charge is 0.466 e. The predicted molar refractivity (Wildman–Crippen MR) is 198 cm³/mol. The van der Waals surface area contributed by atoms with E-state index in [1.54, 1.807) is 0 Å². The van der Waals surface area contributed by atoms with Crippen molar-refractivity contribution in [3.63, 3.8) is 0 Å². The van der Waals surface area contributed by atoms with Crippen molar-refractivity contribution in [1.82, 2.24) is 0 Å². The van der Waals surface area contributed by atoms with E-state index >= 15 is 0 Å². The van der Waals surface area contributed by atoms with Crippen molar-refractivity contribution in [3.05, 3.63) is 48.6 Å². The summed E-state index contributed by atoms with van der Waals surface area (Å²) in [6.07, 6.45) is 46.8. The summed E-state index contributed by atoms with van der Waals surface area (Å²) in [6.45, 7) is 5.34. The quantitative estimate of drug-likeness (QED) is 0.0429. The molecule has 5 nitrogen and oxygen atoms in total. The summed E-state index contributed by atoms with van der Waals surface area (Å²) in [5.41, 5.74) is 5.99. The number of unbranched alkanes of at least 4 members (excludes halogenated alkanes) is 18. The maximum atomic E-state index is 12.1. The molecular weight excluding hydrogens is 570 g/mol. The van der Waals surface area contributed by atoms with Crippen LogP contribution in [0.1, 0.15) is 181 Å². The van der Waals surface area contributed by atoms with Gasteiger partial charge in [-0.3, -0.25) is 9.59 Å². The Labute approximate surface area is 284 Å². The zero-order valence-corrected chi connectivity index (χ0v) is 30.2. The number of allylic oxidation sites excluding steroid dienone is 8. The molecule has 0 fully saturated rings. The zero-order chi connectivity index (χ0) is 33.6. The zero-order valence-electron chi connectivity index (χ0n) is 30.2. The normalized spacial score (nSPS) is 12.1. The molecule has 0 aliphatic rings. The second kappa shape index (κ2) is 37.3. The summed E-state index contributed by atoms with van der Waals surface area (Å²) in [5.74, 6) is -0.652. The Bertz CT molecular complexity index is 721. The van der Waals surface area contributed by atoms with Crippen LogP contribution < -0.4 is 5.73 Å². The van der Waals surface area contributed by atoms with E-state index in [0.29, 0.717) is 13.2 Å². The van der Waals surface area contributed by atoms with Crippen molar-refractivity contribution in [2.45, 2.75) is 187 Å².